The Morgan fingerprint density at radius 2 is 2.04 bits per heavy atom. The maximum absolute atomic E-state index is 13.3. The van der Waals surface area contributed by atoms with Crippen LogP contribution < -0.4 is 10.9 Å². The molecule has 0 radical (unpaired) electrons. The molecule has 0 aliphatic rings. The number of nitrogens with one attached hydrogen (secondary N) is 1. The summed E-state index contributed by atoms with van der Waals surface area (Å²) in [6, 6.07) is 5.10. The first-order chi connectivity index (χ1) is 13.5. The fourth-order valence-corrected chi connectivity index (χ4v) is 3.49. The summed E-state index contributed by atoms with van der Waals surface area (Å²) in [5, 5.41) is 9.03. The molecular weight excluding hydrogens is 385 g/mol. The molecule has 144 valence electrons. The first kappa shape index (κ1) is 19.4. The largest absolute Gasteiger partial charge is 0.461 e. The normalized spacial score (nSPS) is 11.1. The number of amides is 1. The zero-order valence-electron chi connectivity index (χ0n) is 15.1. The topological polar surface area (TPSA) is 90.3 Å². The Bertz CT molecular complexity index is 1130. The second-order valence-corrected chi connectivity index (χ2v) is 6.48. The molecule has 7 nitrogen and oxygen atoms in total. The highest BCUT2D eigenvalue weighted by molar-refractivity contribution is 7.16. The van der Waals surface area contributed by atoms with Crippen LogP contribution in [0, 0.1) is 5.82 Å². The standard InChI is InChI=1S/C19H16FN3O4S/c1-3-5-14(24)21-17-15-13(10-28-17)16(19(26)27-4-2)22-23(18(15)25)12-8-6-11(20)7-9-12/h3,5-10H,4H2,1-2H3,(H,21,24)/b5-3+. The van der Waals surface area contributed by atoms with Gasteiger partial charge in [0.1, 0.15) is 10.8 Å². The highest BCUT2D eigenvalue weighted by Gasteiger charge is 2.22. The lowest BCUT2D eigenvalue weighted by Gasteiger charge is -2.09. The molecule has 0 aliphatic carbocycles. The van der Waals surface area contributed by atoms with Crippen LogP contribution in [-0.2, 0) is 9.53 Å². The number of allylic oxidation sites excluding steroid dienone is 1. The van der Waals surface area contributed by atoms with Crippen LogP contribution in [0.5, 0.6) is 0 Å². The van der Waals surface area contributed by atoms with Crippen LogP contribution in [0.1, 0.15) is 24.3 Å². The van der Waals surface area contributed by atoms with Gasteiger partial charge in [-0.2, -0.15) is 9.78 Å². The number of ether oxygens (including phenoxy) is 1. The van der Waals surface area contributed by atoms with Gasteiger partial charge in [-0.05, 0) is 44.2 Å². The monoisotopic (exact) mass is 401 g/mol. The zero-order valence-corrected chi connectivity index (χ0v) is 15.9. The summed E-state index contributed by atoms with van der Waals surface area (Å²) in [5.41, 5.74) is -0.342. The Hall–Kier alpha value is -3.33. The number of esters is 1. The molecule has 1 N–H and O–H groups in total. The minimum absolute atomic E-state index is 0.0662. The van der Waals surface area contributed by atoms with Crippen LogP contribution in [-0.4, -0.2) is 28.3 Å². The van der Waals surface area contributed by atoms with Gasteiger partial charge >= 0.3 is 5.97 Å². The van der Waals surface area contributed by atoms with E-state index in [1.807, 2.05) is 0 Å². The predicted molar refractivity (Wildman–Crippen MR) is 105 cm³/mol. The number of hydrogen-bond acceptors (Lipinski definition) is 6. The number of rotatable bonds is 5. The Kier molecular flexibility index (Phi) is 5.65. The van der Waals surface area contributed by atoms with E-state index in [1.54, 1.807) is 25.3 Å². The second kappa shape index (κ2) is 8.13. The average Bonchev–Trinajstić information content (AvgIpc) is 3.07. The van der Waals surface area contributed by atoms with Crippen molar-refractivity contribution in [3.63, 3.8) is 0 Å². The van der Waals surface area contributed by atoms with Crippen molar-refractivity contribution in [3.8, 4) is 5.69 Å². The maximum atomic E-state index is 13.3. The third kappa shape index (κ3) is 3.70. The lowest BCUT2D eigenvalue weighted by Crippen LogP contribution is -2.25. The molecular formula is C19H16FN3O4S. The molecule has 28 heavy (non-hydrogen) atoms. The van der Waals surface area contributed by atoms with Gasteiger partial charge in [-0.15, -0.1) is 11.3 Å². The summed E-state index contributed by atoms with van der Waals surface area (Å²) in [7, 11) is 0. The summed E-state index contributed by atoms with van der Waals surface area (Å²) < 4.78 is 19.3. The van der Waals surface area contributed by atoms with Gasteiger partial charge in [0.05, 0.1) is 17.7 Å². The van der Waals surface area contributed by atoms with Crippen molar-refractivity contribution in [3.05, 3.63) is 63.7 Å². The summed E-state index contributed by atoms with van der Waals surface area (Å²) in [6.45, 7) is 3.48. The van der Waals surface area contributed by atoms with Gasteiger partial charge in [-0.3, -0.25) is 9.59 Å². The number of fused-ring (bicyclic) bond motifs is 1. The van der Waals surface area contributed by atoms with Crippen LogP contribution in [0.4, 0.5) is 9.39 Å². The quantitative estimate of drug-likeness (QED) is 0.523. The zero-order chi connectivity index (χ0) is 20.3. The molecule has 2 heterocycles. The van der Waals surface area contributed by atoms with Gasteiger partial charge < -0.3 is 10.1 Å². The number of hydrogen-bond donors (Lipinski definition) is 1. The van der Waals surface area contributed by atoms with Crippen molar-refractivity contribution < 1.29 is 18.7 Å². The number of carbonyl (C=O) groups is 2. The van der Waals surface area contributed by atoms with Crippen LogP contribution in [0.25, 0.3) is 16.5 Å². The second-order valence-electron chi connectivity index (χ2n) is 5.61. The van der Waals surface area contributed by atoms with E-state index < -0.39 is 23.3 Å². The van der Waals surface area contributed by atoms with E-state index in [4.69, 9.17) is 4.74 Å². The molecule has 0 saturated heterocycles. The minimum Gasteiger partial charge on any atom is -0.461 e. The Balaban J connectivity index is 2.27. The van der Waals surface area contributed by atoms with E-state index in [0.29, 0.717) is 0 Å². The molecule has 3 rings (SSSR count). The highest BCUT2D eigenvalue weighted by atomic mass is 32.1. The summed E-state index contributed by atoms with van der Waals surface area (Å²) >= 11 is 1.10. The van der Waals surface area contributed by atoms with Crippen LogP contribution in [0.2, 0.25) is 0 Å². The smallest absolute Gasteiger partial charge is 0.359 e. The van der Waals surface area contributed by atoms with Crippen molar-refractivity contribution in [1.82, 2.24) is 9.78 Å². The molecule has 0 unspecified atom stereocenters. The van der Waals surface area contributed by atoms with Crippen molar-refractivity contribution >= 4 is 39.0 Å². The first-order valence-electron chi connectivity index (χ1n) is 8.37. The fourth-order valence-electron chi connectivity index (χ4n) is 2.55. The van der Waals surface area contributed by atoms with Gasteiger partial charge in [0.25, 0.3) is 5.56 Å². The molecule has 1 amide bonds. The minimum atomic E-state index is -0.701. The third-order valence-electron chi connectivity index (χ3n) is 3.75. The molecule has 0 fully saturated rings. The summed E-state index contributed by atoms with van der Waals surface area (Å²) in [4.78, 5) is 37.4. The van der Waals surface area contributed by atoms with Crippen molar-refractivity contribution in [2.75, 3.05) is 11.9 Å². The number of halogens is 1. The van der Waals surface area contributed by atoms with Crippen molar-refractivity contribution in [2.45, 2.75) is 13.8 Å². The molecule has 1 aromatic carbocycles. The van der Waals surface area contributed by atoms with E-state index in [-0.39, 0.29) is 33.8 Å². The van der Waals surface area contributed by atoms with E-state index in [0.717, 1.165) is 16.0 Å². The van der Waals surface area contributed by atoms with Crippen molar-refractivity contribution in [1.29, 1.82) is 0 Å². The Morgan fingerprint density at radius 3 is 2.68 bits per heavy atom. The van der Waals surface area contributed by atoms with Gasteiger partial charge in [-0.25, -0.2) is 9.18 Å². The SMILES string of the molecule is C/C=C/C(=O)Nc1scc2c(C(=O)OCC)nn(-c3ccc(F)cc3)c(=O)c12. The van der Waals surface area contributed by atoms with E-state index in [9.17, 15) is 18.8 Å². The Labute approximate surface area is 163 Å². The third-order valence-corrected chi connectivity index (χ3v) is 4.64. The fraction of sp³-hybridized carbons (Fsp3) is 0.158. The summed E-state index contributed by atoms with van der Waals surface area (Å²) in [5.74, 6) is -1.58. The van der Waals surface area contributed by atoms with Gasteiger partial charge in [0.15, 0.2) is 5.69 Å². The van der Waals surface area contributed by atoms with E-state index >= 15 is 0 Å². The predicted octanol–water partition coefficient (Wildman–Crippen LogP) is 3.28. The van der Waals surface area contributed by atoms with Gasteiger partial charge in [0.2, 0.25) is 5.91 Å². The van der Waals surface area contributed by atoms with Crippen LogP contribution in [0.15, 0.2) is 46.6 Å². The highest BCUT2D eigenvalue weighted by Crippen LogP contribution is 2.30. The molecule has 9 heteroatoms. The van der Waals surface area contributed by atoms with E-state index in [2.05, 4.69) is 10.4 Å². The Morgan fingerprint density at radius 1 is 1.32 bits per heavy atom. The first-order valence-corrected chi connectivity index (χ1v) is 9.25. The molecule has 0 aliphatic heterocycles. The molecule has 0 atom stereocenters. The number of nitrogens with zero attached hydrogens (tertiary/aromatic N) is 2. The summed E-state index contributed by atoms with van der Waals surface area (Å²) in [6.07, 6.45) is 2.88. The number of aromatic nitrogens is 2. The lowest BCUT2D eigenvalue weighted by molar-refractivity contribution is -0.111. The maximum Gasteiger partial charge on any atom is 0.359 e. The van der Waals surface area contributed by atoms with Crippen LogP contribution >= 0.6 is 11.3 Å². The molecule has 0 saturated carbocycles. The van der Waals surface area contributed by atoms with E-state index in [1.165, 1.54) is 30.3 Å². The molecule has 3 aromatic rings. The van der Waals surface area contributed by atoms with Gasteiger partial charge in [0, 0.05) is 10.8 Å². The number of anilines is 1. The average molecular weight is 401 g/mol. The number of carbonyl (C=O) groups excluding carboxylic acids is 2. The number of benzene rings is 1. The van der Waals surface area contributed by atoms with Gasteiger partial charge in [-0.1, -0.05) is 6.08 Å². The number of thiophene rings is 1. The lowest BCUT2D eigenvalue weighted by atomic mass is 10.2. The van der Waals surface area contributed by atoms with Crippen LogP contribution in [0.3, 0.4) is 0 Å². The van der Waals surface area contributed by atoms with Crippen molar-refractivity contribution in [2.24, 2.45) is 0 Å². The molecule has 0 spiro atoms. The molecule has 2 aromatic heterocycles. The molecule has 0 bridgehead atoms.